The van der Waals surface area contributed by atoms with Crippen molar-refractivity contribution in [1.82, 2.24) is 10.2 Å². The van der Waals surface area contributed by atoms with Crippen LogP contribution in [0.2, 0.25) is 0 Å². The van der Waals surface area contributed by atoms with Crippen LogP contribution in [0, 0.1) is 0 Å². The summed E-state index contributed by atoms with van der Waals surface area (Å²) < 4.78 is 5.44. The van der Waals surface area contributed by atoms with E-state index in [-0.39, 0.29) is 6.09 Å². The van der Waals surface area contributed by atoms with Crippen molar-refractivity contribution in [3.8, 4) is 0 Å². The van der Waals surface area contributed by atoms with Gasteiger partial charge in [0.05, 0.1) is 0 Å². The van der Waals surface area contributed by atoms with Gasteiger partial charge in [0.25, 0.3) is 0 Å². The van der Waals surface area contributed by atoms with Crippen LogP contribution in [0.15, 0.2) is 0 Å². The minimum atomic E-state index is -0.424. The van der Waals surface area contributed by atoms with Crippen LogP contribution in [0.3, 0.4) is 0 Å². The van der Waals surface area contributed by atoms with Crippen LogP contribution in [-0.2, 0) is 4.74 Å². The molecule has 2 rings (SSSR count). The van der Waals surface area contributed by atoms with Gasteiger partial charge in [-0.3, -0.25) is 0 Å². The quantitative estimate of drug-likeness (QED) is 0.838. The molecular formula is C16H31N3O2. The van der Waals surface area contributed by atoms with Gasteiger partial charge in [-0.1, -0.05) is 0 Å². The van der Waals surface area contributed by atoms with Crippen molar-refractivity contribution < 1.29 is 9.53 Å². The summed E-state index contributed by atoms with van der Waals surface area (Å²) in [6.45, 7) is 5.72. The molecule has 0 saturated heterocycles. The number of nitrogens with zero attached hydrogens (tertiary/aromatic N) is 1. The van der Waals surface area contributed by atoms with Gasteiger partial charge in [0, 0.05) is 31.2 Å². The third-order valence-electron chi connectivity index (χ3n) is 4.57. The summed E-state index contributed by atoms with van der Waals surface area (Å²) in [4.78, 5) is 13.9. The van der Waals surface area contributed by atoms with Gasteiger partial charge in [0.2, 0.25) is 0 Å². The number of hydrogen-bond donors (Lipinski definition) is 2. The minimum Gasteiger partial charge on any atom is -0.444 e. The lowest BCUT2D eigenvalue weighted by atomic mass is 9.84. The second kappa shape index (κ2) is 6.53. The average Bonchev–Trinajstić information content (AvgIpc) is 2.35. The van der Waals surface area contributed by atoms with Gasteiger partial charge in [-0.25, -0.2) is 4.79 Å². The predicted molar refractivity (Wildman–Crippen MR) is 84.2 cm³/mol. The molecule has 0 heterocycles. The first-order valence-electron chi connectivity index (χ1n) is 8.22. The first-order chi connectivity index (χ1) is 9.74. The van der Waals surface area contributed by atoms with Gasteiger partial charge < -0.3 is 20.7 Å². The standard InChI is InChI=1S/C16H31N3O2/c1-16(2,3)21-15(20)19(4)14-7-5-12(6-8-14)18-13-9-11(17)10-13/h11-14,18H,5-10,17H2,1-4H3. The monoisotopic (exact) mass is 297 g/mol. The van der Waals surface area contributed by atoms with Gasteiger partial charge >= 0.3 is 6.09 Å². The number of nitrogens with one attached hydrogen (secondary N) is 1. The fourth-order valence-electron chi connectivity index (χ4n) is 3.24. The van der Waals surface area contributed by atoms with Crippen LogP contribution in [0.1, 0.15) is 59.3 Å². The first-order valence-corrected chi connectivity index (χ1v) is 8.22. The molecule has 5 nitrogen and oxygen atoms in total. The van der Waals surface area contributed by atoms with Crippen LogP contribution in [0.4, 0.5) is 4.79 Å². The zero-order valence-electron chi connectivity index (χ0n) is 13.9. The molecule has 0 spiro atoms. The molecule has 5 heteroatoms. The lowest BCUT2D eigenvalue weighted by Gasteiger charge is -2.40. The molecule has 2 saturated carbocycles. The highest BCUT2D eigenvalue weighted by Crippen LogP contribution is 2.26. The Hall–Kier alpha value is -0.810. The van der Waals surface area contributed by atoms with Crippen molar-refractivity contribution in [2.45, 2.75) is 89.1 Å². The molecule has 0 aromatic carbocycles. The van der Waals surface area contributed by atoms with Gasteiger partial charge in [0.15, 0.2) is 0 Å². The molecule has 0 radical (unpaired) electrons. The van der Waals surface area contributed by atoms with Gasteiger partial charge in [-0.15, -0.1) is 0 Å². The third-order valence-corrected chi connectivity index (χ3v) is 4.57. The summed E-state index contributed by atoms with van der Waals surface area (Å²) >= 11 is 0. The zero-order chi connectivity index (χ0) is 15.6. The Balaban J connectivity index is 1.71. The predicted octanol–water partition coefficient (Wildman–Crippen LogP) is 2.24. The zero-order valence-corrected chi connectivity index (χ0v) is 13.9. The van der Waals surface area contributed by atoms with Crippen molar-refractivity contribution in [3.05, 3.63) is 0 Å². The van der Waals surface area contributed by atoms with E-state index in [1.165, 1.54) is 0 Å². The van der Waals surface area contributed by atoms with Crippen LogP contribution in [0.25, 0.3) is 0 Å². The van der Waals surface area contributed by atoms with Gasteiger partial charge in [0.1, 0.15) is 5.60 Å². The second-order valence-corrected chi connectivity index (χ2v) is 7.69. The SMILES string of the molecule is CN(C(=O)OC(C)(C)C)C1CCC(NC2CC(N)C2)CC1. The molecule has 0 bridgehead atoms. The molecule has 0 aromatic rings. The maximum atomic E-state index is 12.1. The summed E-state index contributed by atoms with van der Waals surface area (Å²) in [6.07, 6.45) is 6.37. The van der Waals surface area contributed by atoms with E-state index in [2.05, 4.69) is 5.32 Å². The number of rotatable bonds is 3. The Morgan fingerprint density at radius 1 is 1.14 bits per heavy atom. The molecule has 2 aliphatic rings. The Bertz CT molecular complexity index is 353. The summed E-state index contributed by atoms with van der Waals surface area (Å²) in [5, 5.41) is 3.70. The first kappa shape index (κ1) is 16.6. The van der Waals surface area contributed by atoms with E-state index in [0.717, 1.165) is 38.5 Å². The third kappa shape index (κ3) is 4.85. The van der Waals surface area contributed by atoms with E-state index in [0.29, 0.717) is 24.2 Å². The molecule has 21 heavy (non-hydrogen) atoms. The molecule has 2 fully saturated rings. The Morgan fingerprint density at radius 2 is 1.71 bits per heavy atom. The highest BCUT2D eigenvalue weighted by atomic mass is 16.6. The van der Waals surface area contributed by atoms with Crippen molar-refractivity contribution in [2.24, 2.45) is 5.73 Å². The summed E-state index contributed by atoms with van der Waals surface area (Å²) in [7, 11) is 1.86. The molecule has 3 N–H and O–H groups in total. The summed E-state index contributed by atoms with van der Waals surface area (Å²) in [5.41, 5.74) is 5.40. The highest BCUT2D eigenvalue weighted by Gasteiger charge is 2.32. The van der Waals surface area contributed by atoms with Crippen LogP contribution in [0.5, 0.6) is 0 Å². The normalized spacial score (nSPS) is 33.2. The maximum Gasteiger partial charge on any atom is 0.410 e. The smallest absolute Gasteiger partial charge is 0.410 e. The van der Waals surface area contributed by atoms with Crippen LogP contribution in [-0.4, -0.2) is 47.8 Å². The van der Waals surface area contributed by atoms with E-state index < -0.39 is 5.60 Å². The van der Waals surface area contributed by atoms with E-state index in [1.807, 2.05) is 27.8 Å². The molecule has 0 aromatic heterocycles. The van der Waals surface area contributed by atoms with Crippen LogP contribution < -0.4 is 11.1 Å². The Kier molecular flexibility index (Phi) is 5.15. The largest absolute Gasteiger partial charge is 0.444 e. The lowest BCUT2D eigenvalue weighted by Crippen LogP contribution is -2.53. The van der Waals surface area contributed by atoms with Crippen molar-refractivity contribution in [2.75, 3.05) is 7.05 Å². The Morgan fingerprint density at radius 3 is 2.19 bits per heavy atom. The number of nitrogens with two attached hydrogens (primary N) is 1. The molecule has 0 atom stereocenters. The van der Waals surface area contributed by atoms with E-state index in [9.17, 15) is 4.79 Å². The van der Waals surface area contributed by atoms with E-state index in [1.54, 1.807) is 4.90 Å². The summed E-state index contributed by atoms with van der Waals surface area (Å²) in [6, 6.07) is 1.91. The average molecular weight is 297 g/mol. The number of amides is 1. The highest BCUT2D eigenvalue weighted by molar-refractivity contribution is 5.68. The van der Waals surface area contributed by atoms with Gasteiger partial charge in [-0.05, 0) is 59.3 Å². The van der Waals surface area contributed by atoms with Crippen molar-refractivity contribution >= 4 is 6.09 Å². The minimum absolute atomic E-state index is 0.205. The molecule has 2 aliphatic carbocycles. The maximum absolute atomic E-state index is 12.1. The molecule has 122 valence electrons. The summed E-state index contributed by atoms with van der Waals surface area (Å²) in [5.74, 6) is 0. The molecular weight excluding hydrogens is 266 g/mol. The second-order valence-electron chi connectivity index (χ2n) is 7.69. The fourth-order valence-corrected chi connectivity index (χ4v) is 3.24. The molecule has 0 unspecified atom stereocenters. The number of ether oxygens (including phenoxy) is 1. The number of carbonyl (C=O) groups excluding carboxylic acids is 1. The lowest BCUT2D eigenvalue weighted by molar-refractivity contribution is 0.0176. The van der Waals surface area contributed by atoms with E-state index >= 15 is 0 Å². The number of carbonyl (C=O) groups is 1. The van der Waals surface area contributed by atoms with E-state index in [4.69, 9.17) is 10.5 Å². The number of hydrogen-bond acceptors (Lipinski definition) is 4. The van der Waals surface area contributed by atoms with Crippen molar-refractivity contribution in [3.63, 3.8) is 0 Å². The topological polar surface area (TPSA) is 67.6 Å². The Labute approximate surface area is 128 Å². The van der Waals surface area contributed by atoms with Crippen molar-refractivity contribution in [1.29, 1.82) is 0 Å². The molecule has 0 aliphatic heterocycles. The molecule has 1 amide bonds. The van der Waals surface area contributed by atoms with Gasteiger partial charge in [-0.2, -0.15) is 0 Å². The fraction of sp³-hybridized carbons (Fsp3) is 0.938. The van der Waals surface area contributed by atoms with Crippen LogP contribution >= 0.6 is 0 Å².